The van der Waals surface area contributed by atoms with Crippen LogP contribution in [0.15, 0.2) is 231 Å². The van der Waals surface area contributed by atoms with Crippen molar-refractivity contribution in [2.24, 2.45) is 0 Å². The van der Waals surface area contributed by atoms with E-state index in [1.807, 2.05) is 0 Å². The molecule has 0 saturated heterocycles. The van der Waals surface area contributed by atoms with Crippen molar-refractivity contribution in [1.82, 2.24) is 4.57 Å². The fraction of sp³-hybridized carbons (Fsp3) is 0. The molecular formula is C56H38N2. The molecule has 2 heteroatoms. The first-order valence-electron chi connectivity index (χ1n) is 19.9. The molecule has 0 unspecified atom stereocenters. The molecule has 0 radical (unpaired) electrons. The van der Waals surface area contributed by atoms with Gasteiger partial charge in [-0.3, -0.25) is 0 Å². The third-order valence-corrected chi connectivity index (χ3v) is 11.6. The Hall–Kier alpha value is -7.68. The van der Waals surface area contributed by atoms with Crippen LogP contribution in [-0.4, -0.2) is 4.57 Å². The lowest BCUT2D eigenvalue weighted by molar-refractivity contribution is 1.18. The summed E-state index contributed by atoms with van der Waals surface area (Å²) in [6.45, 7) is 0. The van der Waals surface area contributed by atoms with Crippen LogP contribution in [0.5, 0.6) is 0 Å². The van der Waals surface area contributed by atoms with Gasteiger partial charge in [-0.2, -0.15) is 0 Å². The summed E-state index contributed by atoms with van der Waals surface area (Å²) in [5.41, 5.74) is 14.0. The Bertz CT molecular complexity index is 3280. The van der Waals surface area contributed by atoms with E-state index in [1.165, 1.54) is 71.2 Å². The first-order valence-corrected chi connectivity index (χ1v) is 19.9. The molecule has 1 aromatic heterocycles. The van der Waals surface area contributed by atoms with Crippen molar-refractivity contribution in [1.29, 1.82) is 0 Å². The van der Waals surface area contributed by atoms with Crippen molar-refractivity contribution in [3.8, 4) is 39.1 Å². The number of rotatable bonds is 7. The van der Waals surface area contributed by atoms with Gasteiger partial charge in [-0.05, 0) is 104 Å². The summed E-state index contributed by atoms with van der Waals surface area (Å²) in [6, 6.07) is 83.8. The SMILES string of the molecule is c1ccc(-c2ccccc2-c2ccc(-n3c4ccccc4c4ccc(N(c5ccc6ccccc6c5)c5ccccc5-c5ccc6ccccc6c5)cc43)cc2)cc1. The molecule has 0 atom stereocenters. The molecule has 0 aliphatic carbocycles. The van der Waals surface area contributed by atoms with Crippen LogP contribution >= 0.6 is 0 Å². The Balaban J connectivity index is 1.10. The quantitative estimate of drug-likeness (QED) is 0.158. The molecule has 11 aromatic rings. The Morgan fingerprint density at radius 3 is 1.57 bits per heavy atom. The molecule has 0 spiro atoms. The lowest BCUT2D eigenvalue weighted by Crippen LogP contribution is -2.11. The Morgan fingerprint density at radius 2 is 0.810 bits per heavy atom. The highest BCUT2D eigenvalue weighted by Gasteiger charge is 2.21. The van der Waals surface area contributed by atoms with E-state index in [0.717, 1.165) is 28.3 Å². The maximum atomic E-state index is 2.43. The lowest BCUT2D eigenvalue weighted by atomic mass is 9.94. The Labute approximate surface area is 338 Å². The van der Waals surface area contributed by atoms with Gasteiger partial charge in [0, 0.05) is 33.4 Å². The van der Waals surface area contributed by atoms with Gasteiger partial charge in [0.1, 0.15) is 0 Å². The topological polar surface area (TPSA) is 8.17 Å². The highest BCUT2D eigenvalue weighted by molar-refractivity contribution is 6.11. The number of fused-ring (bicyclic) bond motifs is 5. The van der Waals surface area contributed by atoms with E-state index < -0.39 is 0 Å². The van der Waals surface area contributed by atoms with Crippen molar-refractivity contribution < 1.29 is 0 Å². The predicted octanol–water partition coefficient (Wildman–Crippen LogP) is 15.6. The van der Waals surface area contributed by atoms with Crippen LogP contribution in [-0.2, 0) is 0 Å². The molecule has 0 saturated carbocycles. The second kappa shape index (κ2) is 14.1. The highest BCUT2D eigenvalue weighted by atomic mass is 15.1. The monoisotopic (exact) mass is 738 g/mol. The number of para-hydroxylation sites is 2. The summed E-state index contributed by atoms with van der Waals surface area (Å²) >= 11 is 0. The van der Waals surface area contributed by atoms with Crippen LogP contribution in [0.1, 0.15) is 0 Å². The molecule has 0 amide bonds. The van der Waals surface area contributed by atoms with Crippen LogP contribution in [0.3, 0.4) is 0 Å². The van der Waals surface area contributed by atoms with Crippen LogP contribution in [0.4, 0.5) is 17.1 Å². The van der Waals surface area contributed by atoms with Gasteiger partial charge >= 0.3 is 0 Å². The molecular weight excluding hydrogens is 701 g/mol. The van der Waals surface area contributed by atoms with Crippen molar-refractivity contribution in [2.75, 3.05) is 4.90 Å². The predicted molar refractivity (Wildman–Crippen MR) is 247 cm³/mol. The first kappa shape index (κ1) is 33.6. The van der Waals surface area contributed by atoms with Gasteiger partial charge in [-0.1, -0.05) is 176 Å². The third kappa shape index (κ3) is 5.82. The van der Waals surface area contributed by atoms with E-state index in [1.54, 1.807) is 0 Å². The summed E-state index contributed by atoms with van der Waals surface area (Å²) in [6.07, 6.45) is 0. The van der Waals surface area contributed by atoms with Crippen LogP contribution in [0, 0.1) is 0 Å². The van der Waals surface area contributed by atoms with Gasteiger partial charge in [0.05, 0.1) is 16.7 Å². The fourth-order valence-electron chi connectivity index (χ4n) is 8.78. The number of benzene rings is 10. The largest absolute Gasteiger partial charge is 0.310 e. The zero-order valence-electron chi connectivity index (χ0n) is 31.8. The normalized spacial score (nSPS) is 11.4. The zero-order chi connectivity index (χ0) is 38.4. The molecule has 58 heavy (non-hydrogen) atoms. The van der Waals surface area contributed by atoms with E-state index in [9.17, 15) is 0 Å². The van der Waals surface area contributed by atoms with Crippen molar-refractivity contribution in [3.05, 3.63) is 231 Å². The average molecular weight is 739 g/mol. The van der Waals surface area contributed by atoms with Crippen LogP contribution in [0.2, 0.25) is 0 Å². The van der Waals surface area contributed by atoms with E-state index in [4.69, 9.17) is 0 Å². The Kier molecular flexibility index (Phi) is 8.19. The third-order valence-electron chi connectivity index (χ3n) is 11.6. The maximum Gasteiger partial charge on any atom is 0.0561 e. The second-order valence-corrected chi connectivity index (χ2v) is 15.0. The number of nitrogens with zero attached hydrogens (tertiary/aromatic N) is 2. The number of anilines is 3. The minimum absolute atomic E-state index is 1.09. The molecule has 0 bridgehead atoms. The van der Waals surface area contributed by atoms with Gasteiger partial charge in [-0.25, -0.2) is 0 Å². The van der Waals surface area contributed by atoms with E-state index >= 15 is 0 Å². The summed E-state index contributed by atoms with van der Waals surface area (Å²) in [5, 5.41) is 7.35. The second-order valence-electron chi connectivity index (χ2n) is 15.0. The first-order chi connectivity index (χ1) is 28.8. The van der Waals surface area contributed by atoms with Gasteiger partial charge in [0.15, 0.2) is 0 Å². The van der Waals surface area contributed by atoms with E-state index in [2.05, 4.69) is 240 Å². The minimum atomic E-state index is 1.09. The van der Waals surface area contributed by atoms with E-state index in [-0.39, 0.29) is 0 Å². The van der Waals surface area contributed by atoms with Crippen molar-refractivity contribution in [2.45, 2.75) is 0 Å². The average Bonchev–Trinajstić information content (AvgIpc) is 3.63. The van der Waals surface area contributed by atoms with Crippen molar-refractivity contribution in [3.63, 3.8) is 0 Å². The van der Waals surface area contributed by atoms with Gasteiger partial charge in [0.25, 0.3) is 0 Å². The summed E-state index contributed by atoms with van der Waals surface area (Å²) in [5.74, 6) is 0. The smallest absolute Gasteiger partial charge is 0.0561 e. The molecule has 0 aliphatic rings. The van der Waals surface area contributed by atoms with Gasteiger partial charge in [-0.15, -0.1) is 0 Å². The molecule has 0 fully saturated rings. The van der Waals surface area contributed by atoms with Crippen LogP contribution in [0.25, 0.3) is 82.4 Å². The Morgan fingerprint density at radius 1 is 0.293 bits per heavy atom. The molecule has 11 rings (SSSR count). The van der Waals surface area contributed by atoms with Crippen LogP contribution < -0.4 is 4.90 Å². The molecule has 0 aliphatic heterocycles. The van der Waals surface area contributed by atoms with Gasteiger partial charge < -0.3 is 9.47 Å². The maximum absolute atomic E-state index is 2.43. The molecule has 1 heterocycles. The molecule has 2 nitrogen and oxygen atoms in total. The number of hydrogen-bond acceptors (Lipinski definition) is 1. The number of hydrogen-bond donors (Lipinski definition) is 0. The fourth-order valence-corrected chi connectivity index (χ4v) is 8.78. The summed E-state index contributed by atoms with van der Waals surface area (Å²) < 4.78 is 2.43. The lowest BCUT2D eigenvalue weighted by Gasteiger charge is -2.28. The number of aromatic nitrogens is 1. The minimum Gasteiger partial charge on any atom is -0.310 e. The highest BCUT2D eigenvalue weighted by Crippen LogP contribution is 2.44. The standard InChI is InChI=1S/C56H38N2/c1-2-16-41(17-3-1)49-20-8-9-21-50(49)42-29-31-46(32-30-42)58-55-25-13-11-23-52(55)53-35-34-48(38-56(53)58)57(47-33-28-40-15-5-7-19-44(40)37-47)54-24-12-10-22-51(54)45-27-26-39-14-4-6-18-43(39)36-45/h1-38H. The zero-order valence-corrected chi connectivity index (χ0v) is 31.8. The summed E-state index contributed by atoms with van der Waals surface area (Å²) in [7, 11) is 0. The van der Waals surface area contributed by atoms with E-state index in [0.29, 0.717) is 0 Å². The molecule has 0 N–H and O–H groups in total. The van der Waals surface area contributed by atoms with Crippen molar-refractivity contribution >= 4 is 60.4 Å². The molecule has 272 valence electrons. The molecule has 10 aromatic carbocycles. The van der Waals surface area contributed by atoms with Gasteiger partial charge in [0.2, 0.25) is 0 Å². The summed E-state index contributed by atoms with van der Waals surface area (Å²) in [4.78, 5) is 2.43.